The van der Waals surface area contributed by atoms with Gasteiger partial charge in [-0.3, -0.25) is 0 Å². The van der Waals surface area contributed by atoms with Crippen LogP contribution < -0.4 is 11.2 Å². The van der Waals surface area contributed by atoms with Gasteiger partial charge in [-0.2, -0.15) is 0 Å². The number of hydrazine groups is 1. The second kappa shape index (κ2) is 4.70. The number of fused-ring (bicyclic) bond motifs is 2. The van der Waals surface area contributed by atoms with Crippen LogP contribution in [-0.4, -0.2) is 19.4 Å². The molecule has 0 spiro atoms. The van der Waals surface area contributed by atoms with Crippen LogP contribution in [0.3, 0.4) is 0 Å². The molecule has 4 heterocycles. The van der Waals surface area contributed by atoms with E-state index in [1.165, 1.54) is 18.4 Å². The zero-order chi connectivity index (χ0) is 15.4. The third-order valence-corrected chi connectivity index (χ3v) is 4.64. The van der Waals surface area contributed by atoms with E-state index in [4.69, 9.17) is 10.7 Å². The molecule has 3 aromatic heterocycles. The summed E-state index contributed by atoms with van der Waals surface area (Å²) in [6.07, 6.45) is 8.71. The summed E-state index contributed by atoms with van der Waals surface area (Å²) in [6, 6.07) is 6.28. The highest BCUT2D eigenvalue weighted by Gasteiger charge is 2.24. The van der Waals surface area contributed by atoms with E-state index in [9.17, 15) is 0 Å². The van der Waals surface area contributed by atoms with E-state index in [1.807, 2.05) is 6.07 Å². The molecule has 1 saturated carbocycles. The molecule has 1 aliphatic heterocycles. The summed E-state index contributed by atoms with van der Waals surface area (Å²) in [5.41, 5.74) is 14.9. The lowest BCUT2D eigenvalue weighted by Crippen LogP contribution is -2.23. The monoisotopic (exact) mass is 306 g/mol. The van der Waals surface area contributed by atoms with Gasteiger partial charge in [-0.1, -0.05) is 6.07 Å². The standard InChI is InChI=1S/C17H18N6/c18-17-14-10-23(21-15(14)5-6-19-17)9-13-8-22-7-12(11-1-2-11)3-4-16(22)20-13/h3-8,11,21H,1-2,9-10H2,(H2,18,19). The summed E-state index contributed by atoms with van der Waals surface area (Å²) < 4.78 is 2.14. The largest absolute Gasteiger partial charge is 0.383 e. The summed E-state index contributed by atoms with van der Waals surface area (Å²) in [5.74, 6) is 1.36. The van der Waals surface area contributed by atoms with Crippen molar-refractivity contribution in [2.75, 3.05) is 11.2 Å². The summed E-state index contributed by atoms with van der Waals surface area (Å²) in [6.45, 7) is 1.48. The Morgan fingerprint density at radius 2 is 2.13 bits per heavy atom. The lowest BCUT2D eigenvalue weighted by Gasteiger charge is -2.13. The number of nitrogens with two attached hydrogens (primary N) is 1. The Morgan fingerprint density at radius 3 is 2.96 bits per heavy atom. The molecule has 0 atom stereocenters. The number of imidazole rings is 1. The van der Waals surface area contributed by atoms with Gasteiger partial charge in [0.2, 0.25) is 0 Å². The highest BCUT2D eigenvalue weighted by Crippen LogP contribution is 2.39. The predicted molar refractivity (Wildman–Crippen MR) is 88.7 cm³/mol. The molecule has 23 heavy (non-hydrogen) atoms. The topological polar surface area (TPSA) is 71.5 Å². The number of nitrogen functional groups attached to an aromatic ring is 1. The van der Waals surface area contributed by atoms with Crippen LogP contribution in [0.2, 0.25) is 0 Å². The number of pyridine rings is 2. The van der Waals surface area contributed by atoms with Crippen LogP contribution >= 0.6 is 0 Å². The fourth-order valence-corrected chi connectivity index (χ4v) is 3.27. The minimum absolute atomic E-state index is 0.599. The van der Waals surface area contributed by atoms with Crippen molar-refractivity contribution < 1.29 is 0 Å². The Hall–Kier alpha value is -2.60. The average Bonchev–Trinajstić information content (AvgIpc) is 3.18. The third-order valence-electron chi connectivity index (χ3n) is 4.64. The van der Waals surface area contributed by atoms with Gasteiger partial charge in [0.25, 0.3) is 0 Å². The van der Waals surface area contributed by atoms with Gasteiger partial charge in [-0.25, -0.2) is 15.0 Å². The second-order valence-electron chi connectivity index (χ2n) is 6.42. The fraction of sp³-hybridized carbons (Fsp3) is 0.294. The first kappa shape index (κ1) is 12.9. The summed E-state index contributed by atoms with van der Waals surface area (Å²) >= 11 is 0. The van der Waals surface area contributed by atoms with Crippen LogP contribution in [0.25, 0.3) is 5.65 Å². The van der Waals surface area contributed by atoms with Crippen LogP contribution in [0.1, 0.15) is 35.6 Å². The minimum atomic E-state index is 0.599. The van der Waals surface area contributed by atoms with Crippen molar-refractivity contribution in [1.82, 2.24) is 19.4 Å². The van der Waals surface area contributed by atoms with Crippen LogP contribution in [-0.2, 0) is 13.1 Å². The molecule has 0 amide bonds. The Kier molecular flexibility index (Phi) is 2.63. The van der Waals surface area contributed by atoms with Gasteiger partial charge in [0.1, 0.15) is 11.5 Å². The number of hydrogen-bond donors (Lipinski definition) is 2. The summed E-state index contributed by atoms with van der Waals surface area (Å²) in [7, 11) is 0. The zero-order valence-corrected chi connectivity index (χ0v) is 12.7. The quantitative estimate of drug-likeness (QED) is 0.778. The number of nitrogens with one attached hydrogen (secondary N) is 1. The number of aromatic nitrogens is 3. The number of rotatable bonds is 3. The van der Waals surface area contributed by atoms with Crippen molar-refractivity contribution in [3.8, 4) is 0 Å². The van der Waals surface area contributed by atoms with Crippen LogP contribution in [0.5, 0.6) is 0 Å². The molecule has 0 radical (unpaired) electrons. The minimum Gasteiger partial charge on any atom is -0.383 e. The van der Waals surface area contributed by atoms with E-state index in [0.717, 1.165) is 41.6 Å². The first-order valence-corrected chi connectivity index (χ1v) is 7.99. The van der Waals surface area contributed by atoms with Gasteiger partial charge in [-0.15, -0.1) is 0 Å². The van der Waals surface area contributed by atoms with Crippen molar-refractivity contribution in [3.63, 3.8) is 0 Å². The molecule has 6 heteroatoms. The van der Waals surface area contributed by atoms with Gasteiger partial charge < -0.3 is 15.6 Å². The molecule has 6 nitrogen and oxygen atoms in total. The van der Waals surface area contributed by atoms with E-state index in [1.54, 1.807) is 6.20 Å². The van der Waals surface area contributed by atoms with Gasteiger partial charge in [0.15, 0.2) is 0 Å². The Morgan fingerprint density at radius 1 is 1.22 bits per heavy atom. The van der Waals surface area contributed by atoms with Crippen molar-refractivity contribution in [2.24, 2.45) is 0 Å². The smallest absolute Gasteiger partial charge is 0.137 e. The lowest BCUT2D eigenvalue weighted by molar-refractivity contribution is 0.332. The van der Waals surface area contributed by atoms with Crippen LogP contribution in [0.15, 0.2) is 36.8 Å². The van der Waals surface area contributed by atoms with E-state index in [0.29, 0.717) is 5.82 Å². The molecule has 0 bridgehead atoms. The molecule has 3 aromatic rings. The molecule has 0 aromatic carbocycles. The van der Waals surface area contributed by atoms with Gasteiger partial charge in [0, 0.05) is 30.7 Å². The highest BCUT2D eigenvalue weighted by molar-refractivity contribution is 5.61. The van der Waals surface area contributed by atoms with Gasteiger partial charge in [0.05, 0.1) is 17.9 Å². The van der Waals surface area contributed by atoms with E-state index in [2.05, 4.69) is 44.3 Å². The van der Waals surface area contributed by atoms with Crippen molar-refractivity contribution >= 4 is 17.2 Å². The summed E-state index contributed by atoms with van der Waals surface area (Å²) in [5, 5.41) is 2.12. The average molecular weight is 306 g/mol. The van der Waals surface area contributed by atoms with Gasteiger partial charge >= 0.3 is 0 Å². The number of anilines is 2. The molecule has 116 valence electrons. The first-order chi connectivity index (χ1) is 11.3. The van der Waals surface area contributed by atoms with Crippen LogP contribution in [0, 0.1) is 0 Å². The van der Waals surface area contributed by atoms with Crippen LogP contribution in [0.4, 0.5) is 11.5 Å². The van der Waals surface area contributed by atoms with Crippen molar-refractivity contribution in [3.05, 3.63) is 53.6 Å². The highest BCUT2D eigenvalue weighted by atomic mass is 15.5. The predicted octanol–water partition coefficient (Wildman–Crippen LogP) is 2.53. The number of nitrogens with zero attached hydrogens (tertiary/aromatic N) is 4. The van der Waals surface area contributed by atoms with Crippen molar-refractivity contribution in [1.29, 1.82) is 0 Å². The fourth-order valence-electron chi connectivity index (χ4n) is 3.27. The second-order valence-corrected chi connectivity index (χ2v) is 6.42. The summed E-state index contributed by atoms with van der Waals surface area (Å²) in [4.78, 5) is 8.87. The molecule has 0 saturated heterocycles. The third kappa shape index (κ3) is 2.22. The Balaban J connectivity index is 1.39. The molecule has 5 rings (SSSR count). The molecular weight excluding hydrogens is 288 g/mol. The molecule has 2 aliphatic rings. The first-order valence-electron chi connectivity index (χ1n) is 7.99. The van der Waals surface area contributed by atoms with E-state index in [-0.39, 0.29) is 0 Å². The molecule has 1 aliphatic carbocycles. The molecular formula is C17H18N6. The molecule has 0 unspecified atom stereocenters. The normalized spacial score (nSPS) is 17.4. The van der Waals surface area contributed by atoms with Crippen molar-refractivity contribution in [2.45, 2.75) is 31.8 Å². The van der Waals surface area contributed by atoms with Gasteiger partial charge in [-0.05, 0) is 36.5 Å². The Bertz CT molecular complexity index is 895. The molecule has 3 N–H and O–H groups in total. The number of hydrogen-bond acceptors (Lipinski definition) is 5. The Labute approximate surface area is 133 Å². The van der Waals surface area contributed by atoms with E-state index < -0.39 is 0 Å². The van der Waals surface area contributed by atoms with E-state index >= 15 is 0 Å². The zero-order valence-electron chi connectivity index (χ0n) is 12.7. The maximum atomic E-state index is 5.94. The maximum absolute atomic E-state index is 5.94. The lowest BCUT2D eigenvalue weighted by atomic mass is 10.2. The SMILES string of the molecule is Nc1nccc2c1CN(Cc1cn3cc(C4CC4)ccc3n1)N2. The maximum Gasteiger partial charge on any atom is 0.137 e. The molecule has 1 fully saturated rings.